The molecule has 0 saturated heterocycles. The second-order valence-corrected chi connectivity index (χ2v) is 4.55. The summed E-state index contributed by atoms with van der Waals surface area (Å²) < 4.78 is 5.42. The first-order valence-electron chi connectivity index (χ1n) is 6.32. The van der Waals surface area contributed by atoms with Crippen LogP contribution in [0.25, 0.3) is 0 Å². The Morgan fingerprint density at radius 3 is 2.80 bits per heavy atom. The minimum absolute atomic E-state index is 0.0134. The maximum atomic E-state index is 12.0. The summed E-state index contributed by atoms with van der Waals surface area (Å²) in [5, 5.41) is 13.7. The number of rotatable bonds is 6. The van der Waals surface area contributed by atoms with Gasteiger partial charge in [0.15, 0.2) is 12.4 Å². The lowest BCUT2D eigenvalue weighted by Crippen LogP contribution is -2.34. The fourth-order valence-electron chi connectivity index (χ4n) is 1.74. The third kappa shape index (κ3) is 3.78. The van der Waals surface area contributed by atoms with E-state index in [-0.39, 0.29) is 18.4 Å². The molecule has 1 heterocycles. The van der Waals surface area contributed by atoms with Crippen molar-refractivity contribution in [1.82, 2.24) is 25.5 Å². The summed E-state index contributed by atoms with van der Waals surface area (Å²) in [5.74, 6) is 1.19. The molecule has 0 fully saturated rings. The van der Waals surface area contributed by atoms with Crippen molar-refractivity contribution in [3.05, 3.63) is 36.2 Å². The number of aromatic amines is 1. The summed E-state index contributed by atoms with van der Waals surface area (Å²) in [5.41, 5.74) is 0. The number of benzene rings is 1. The third-order valence-electron chi connectivity index (χ3n) is 2.88. The molecule has 106 valence electrons. The Labute approximate surface area is 116 Å². The summed E-state index contributed by atoms with van der Waals surface area (Å²) >= 11 is 0. The van der Waals surface area contributed by atoms with E-state index in [1.165, 1.54) is 0 Å². The molecule has 0 aliphatic rings. The summed E-state index contributed by atoms with van der Waals surface area (Å²) in [4.78, 5) is 13.6. The molecule has 0 aliphatic heterocycles. The average Bonchev–Trinajstić information content (AvgIpc) is 3.00. The van der Waals surface area contributed by atoms with Crippen molar-refractivity contribution in [3.63, 3.8) is 0 Å². The van der Waals surface area contributed by atoms with Crippen LogP contribution in [0.5, 0.6) is 5.75 Å². The molecule has 0 radical (unpaired) electrons. The maximum Gasteiger partial charge on any atom is 0.260 e. The zero-order chi connectivity index (χ0) is 14.4. The van der Waals surface area contributed by atoms with E-state index in [9.17, 15) is 4.79 Å². The number of tetrazole rings is 1. The van der Waals surface area contributed by atoms with E-state index in [4.69, 9.17) is 4.74 Å². The first-order valence-corrected chi connectivity index (χ1v) is 6.32. The summed E-state index contributed by atoms with van der Waals surface area (Å²) in [6.45, 7) is 2.46. The van der Waals surface area contributed by atoms with E-state index in [2.05, 4.69) is 20.6 Å². The van der Waals surface area contributed by atoms with E-state index < -0.39 is 0 Å². The second-order valence-electron chi connectivity index (χ2n) is 4.55. The van der Waals surface area contributed by atoms with Crippen LogP contribution in [0, 0.1) is 0 Å². The second kappa shape index (κ2) is 6.65. The highest BCUT2D eigenvalue weighted by atomic mass is 16.5. The molecule has 1 aromatic heterocycles. The SMILES string of the molecule is C[C@H](CN(C)C(=O)COc1ccccc1)c1nn[nH]n1. The highest BCUT2D eigenvalue weighted by molar-refractivity contribution is 5.77. The van der Waals surface area contributed by atoms with Gasteiger partial charge in [-0.15, -0.1) is 10.2 Å². The number of nitrogens with zero attached hydrogens (tertiary/aromatic N) is 4. The lowest BCUT2D eigenvalue weighted by atomic mass is 10.1. The highest BCUT2D eigenvalue weighted by Gasteiger charge is 2.17. The lowest BCUT2D eigenvalue weighted by Gasteiger charge is -2.20. The normalized spacial score (nSPS) is 11.9. The molecule has 1 atom stereocenters. The van der Waals surface area contributed by atoms with Crippen molar-refractivity contribution in [2.24, 2.45) is 0 Å². The van der Waals surface area contributed by atoms with Gasteiger partial charge in [0, 0.05) is 19.5 Å². The zero-order valence-electron chi connectivity index (χ0n) is 11.5. The molecular weight excluding hydrogens is 258 g/mol. The van der Waals surface area contributed by atoms with Gasteiger partial charge in [-0.05, 0) is 12.1 Å². The number of likely N-dealkylation sites (N-methyl/N-ethyl adjacent to an activating group) is 1. The molecular formula is C13H17N5O2. The Hall–Kier alpha value is -2.44. The van der Waals surface area contributed by atoms with Crippen molar-refractivity contribution in [1.29, 1.82) is 0 Å². The molecule has 0 unspecified atom stereocenters. The van der Waals surface area contributed by atoms with Gasteiger partial charge < -0.3 is 9.64 Å². The molecule has 7 nitrogen and oxygen atoms in total. The van der Waals surface area contributed by atoms with Crippen LogP contribution in [0.3, 0.4) is 0 Å². The molecule has 20 heavy (non-hydrogen) atoms. The van der Waals surface area contributed by atoms with E-state index in [1.807, 2.05) is 37.3 Å². The Bertz CT molecular complexity index is 529. The van der Waals surface area contributed by atoms with Gasteiger partial charge in [0.05, 0.1) is 0 Å². The van der Waals surface area contributed by atoms with Gasteiger partial charge in [-0.2, -0.15) is 5.21 Å². The maximum absolute atomic E-state index is 12.0. The van der Waals surface area contributed by atoms with E-state index in [1.54, 1.807) is 11.9 Å². The Morgan fingerprint density at radius 2 is 2.15 bits per heavy atom. The number of para-hydroxylation sites is 1. The minimum atomic E-state index is -0.0933. The average molecular weight is 275 g/mol. The van der Waals surface area contributed by atoms with Crippen molar-refractivity contribution < 1.29 is 9.53 Å². The van der Waals surface area contributed by atoms with Crippen LogP contribution in [-0.2, 0) is 4.79 Å². The lowest BCUT2D eigenvalue weighted by molar-refractivity contribution is -0.132. The molecule has 0 aliphatic carbocycles. The van der Waals surface area contributed by atoms with E-state index in [0.717, 1.165) is 0 Å². The van der Waals surface area contributed by atoms with E-state index in [0.29, 0.717) is 18.1 Å². The number of carbonyl (C=O) groups is 1. The van der Waals surface area contributed by atoms with Crippen molar-refractivity contribution >= 4 is 5.91 Å². The Kier molecular flexibility index (Phi) is 4.65. The molecule has 1 N–H and O–H groups in total. The van der Waals surface area contributed by atoms with Crippen molar-refractivity contribution in [3.8, 4) is 5.75 Å². The number of carbonyl (C=O) groups excluding carboxylic acids is 1. The number of amides is 1. The molecule has 0 spiro atoms. The van der Waals surface area contributed by atoms with Crippen molar-refractivity contribution in [2.75, 3.05) is 20.2 Å². The van der Waals surface area contributed by atoms with Crippen molar-refractivity contribution in [2.45, 2.75) is 12.8 Å². The zero-order valence-corrected chi connectivity index (χ0v) is 11.5. The van der Waals surface area contributed by atoms with Gasteiger partial charge in [-0.3, -0.25) is 4.79 Å². The highest BCUT2D eigenvalue weighted by Crippen LogP contribution is 2.11. The van der Waals surface area contributed by atoms with Crippen LogP contribution in [0.15, 0.2) is 30.3 Å². The number of H-pyrrole nitrogens is 1. The quantitative estimate of drug-likeness (QED) is 0.844. The minimum Gasteiger partial charge on any atom is -0.484 e. The van der Waals surface area contributed by atoms with Gasteiger partial charge in [-0.1, -0.05) is 30.3 Å². The number of hydrogen-bond acceptors (Lipinski definition) is 5. The Balaban J connectivity index is 1.80. The van der Waals surface area contributed by atoms with Crippen LogP contribution in [0.4, 0.5) is 0 Å². The van der Waals surface area contributed by atoms with Crippen LogP contribution in [0.1, 0.15) is 18.7 Å². The van der Waals surface area contributed by atoms with Gasteiger partial charge in [-0.25, -0.2) is 0 Å². The molecule has 2 rings (SSSR count). The van der Waals surface area contributed by atoms with Crippen LogP contribution in [0.2, 0.25) is 0 Å². The topological polar surface area (TPSA) is 84.0 Å². The number of nitrogens with one attached hydrogen (secondary N) is 1. The Morgan fingerprint density at radius 1 is 1.40 bits per heavy atom. The molecule has 7 heteroatoms. The van der Waals surface area contributed by atoms with Gasteiger partial charge >= 0.3 is 0 Å². The third-order valence-corrected chi connectivity index (χ3v) is 2.88. The molecule has 0 bridgehead atoms. The first kappa shape index (κ1) is 14.0. The number of hydrogen-bond donors (Lipinski definition) is 1. The fourth-order valence-corrected chi connectivity index (χ4v) is 1.74. The number of ether oxygens (including phenoxy) is 1. The predicted molar refractivity (Wildman–Crippen MR) is 72.2 cm³/mol. The standard InChI is InChI=1S/C13H17N5O2/c1-10(13-14-16-17-15-13)8-18(2)12(19)9-20-11-6-4-3-5-7-11/h3-7,10H,8-9H2,1-2H3,(H,14,15,16,17)/t10-/m1/s1. The number of aromatic nitrogens is 4. The summed E-state index contributed by atoms with van der Waals surface area (Å²) in [7, 11) is 1.73. The van der Waals surface area contributed by atoms with Crippen LogP contribution in [-0.4, -0.2) is 51.6 Å². The largest absolute Gasteiger partial charge is 0.484 e. The van der Waals surface area contributed by atoms with Gasteiger partial charge in [0.25, 0.3) is 5.91 Å². The summed E-state index contributed by atoms with van der Waals surface area (Å²) in [6.07, 6.45) is 0. The van der Waals surface area contributed by atoms with E-state index >= 15 is 0 Å². The van der Waals surface area contributed by atoms with Crippen LogP contribution < -0.4 is 4.74 Å². The van der Waals surface area contributed by atoms with Gasteiger partial charge in [0.1, 0.15) is 5.75 Å². The monoisotopic (exact) mass is 275 g/mol. The fraction of sp³-hybridized carbons (Fsp3) is 0.385. The van der Waals surface area contributed by atoms with Crippen LogP contribution >= 0.6 is 0 Å². The smallest absolute Gasteiger partial charge is 0.260 e. The molecule has 1 amide bonds. The molecule has 2 aromatic rings. The van der Waals surface area contributed by atoms with Gasteiger partial charge in [0.2, 0.25) is 0 Å². The summed E-state index contributed by atoms with van der Waals surface area (Å²) in [6, 6.07) is 9.25. The molecule has 1 aromatic carbocycles. The predicted octanol–water partition coefficient (Wildman–Crippen LogP) is 0.841. The molecule has 0 saturated carbocycles. The first-order chi connectivity index (χ1) is 9.66.